The third-order valence-electron chi connectivity index (χ3n) is 7.30. The van der Waals surface area contributed by atoms with Crippen molar-refractivity contribution in [2.75, 3.05) is 6.61 Å². The molecule has 0 saturated carbocycles. The largest absolute Gasteiger partial charge is 0.508 e. The van der Waals surface area contributed by atoms with Gasteiger partial charge >= 0.3 is 0 Å². The number of aliphatic hydroxyl groups excluding tert-OH is 6. The van der Waals surface area contributed by atoms with Gasteiger partial charge in [-0.05, 0) is 25.1 Å². The molecule has 10 unspecified atom stereocenters. The molecule has 2 aliphatic heterocycles. The van der Waals surface area contributed by atoms with Crippen LogP contribution in [0.1, 0.15) is 6.92 Å². The highest BCUT2D eigenvalue weighted by Gasteiger charge is 2.47. The summed E-state index contributed by atoms with van der Waals surface area (Å²) in [5.41, 5.74) is -1.35. The molecular weight excluding hydrogens is 580 g/mol. The van der Waals surface area contributed by atoms with Gasteiger partial charge in [0.15, 0.2) is 23.5 Å². The van der Waals surface area contributed by atoms with Crippen molar-refractivity contribution in [1.29, 1.82) is 0 Å². The molecule has 0 amide bonds. The number of hydrogen-bond acceptors (Lipinski definition) is 16. The lowest BCUT2D eigenvalue weighted by atomic mass is 9.98. The number of rotatable bonds is 6. The molecule has 2 fully saturated rings. The van der Waals surface area contributed by atoms with Gasteiger partial charge in [-0.15, -0.1) is 0 Å². The van der Waals surface area contributed by atoms with E-state index in [1.807, 2.05) is 0 Å². The average Bonchev–Trinajstić information content (AvgIpc) is 2.97. The number of ether oxygens (including phenoxy) is 4. The van der Waals surface area contributed by atoms with Crippen molar-refractivity contribution in [3.8, 4) is 40.1 Å². The summed E-state index contributed by atoms with van der Waals surface area (Å²) >= 11 is 0. The van der Waals surface area contributed by atoms with E-state index in [1.54, 1.807) is 0 Å². The lowest BCUT2D eigenvalue weighted by Crippen LogP contribution is -2.61. The van der Waals surface area contributed by atoms with Crippen molar-refractivity contribution in [3.63, 3.8) is 0 Å². The van der Waals surface area contributed by atoms with Gasteiger partial charge in [0.1, 0.15) is 65.2 Å². The smallest absolute Gasteiger partial charge is 0.238 e. The van der Waals surface area contributed by atoms with Gasteiger partial charge in [0.2, 0.25) is 17.5 Å². The fraction of sp³-hybridized carbons (Fsp3) is 0.444. The SMILES string of the molecule is CC1OC(OCC2OC(Oc3cc(O)cc4oc(-c5ccc(O)c(O)c5)c(O)c(=O)c34)C(O)C(O)C2O)C(O)C(O)C1O. The first-order valence-electron chi connectivity index (χ1n) is 13.0. The van der Waals surface area contributed by atoms with Crippen molar-refractivity contribution in [3.05, 3.63) is 40.6 Å². The quantitative estimate of drug-likeness (QED) is 0.140. The van der Waals surface area contributed by atoms with Crippen LogP contribution in [0.2, 0.25) is 0 Å². The number of benzene rings is 2. The minimum Gasteiger partial charge on any atom is -0.508 e. The molecular formula is C27H30O16. The number of aliphatic hydroxyl groups is 6. The Balaban J connectivity index is 1.42. The molecule has 16 nitrogen and oxygen atoms in total. The lowest BCUT2D eigenvalue weighted by Gasteiger charge is -2.42. The van der Waals surface area contributed by atoms with Crippen LogP contribution in [0, 0.1) is 0 Å². The number of aromatic hydroxyl groups is 4. The summed E-state index contributed by atoms with van der Waals surface area (Å²) < 4.78 is 27.6. The molecule has 2 aliphatic rings. The Morgan fingerprint density at radius 1 is 0.767 bits per heavy atom. The highest BCUT2D eigenvalue weighted by Crippen LogP contribution is 2.39. The summed E-state index contributed by atoms with van der Waals surface area (Å²) in [5, 5.41) is 101. The van der Waals surface area contributed by atoms with Gasteiger partial charge in [-0.25, -0.2) is 0 Å². The molecule has 10 atom stereocenters. The van der Waals surface area contributed by atoms with Crippen molar-refractivity contribution < 1.29 is 74.4 Å². The van der Waals surface area contributed by atoms with E-state index in [9.17, 15) is 55.9 Å². The Hall–Kier alpha value is -3.71. The van der Waals surface area contributed by atoms with Crippen LogP contribution in [0.4, 0.5) is 0 Å². The van der Waals surface area contributed by atoms with E-state index < -0.39 is 113 Å². The number of hydrogen-bond donors (Lipinski definition) is 10. The third kappa shape index (κ3) is 5.67. The molecule has 0 radical (unpaired) electrons. The third-order valence-corrected chi connectivity index (χ3v) is 7.30. The molecule has 1 aromatic heterocycles. The molecule has 0 bridgehead atoms. The predicted molar refractivity (Wildman–Crippen MR) is 140 cm³/mol. The summed E-state index contributed by atoms with van der Waals surface area (Å²) in [6, 6.07) is 5.36. The molecule has 43 heavy (non-hydrogen) atoms. The Kier molecular flexibility index (Phi) is 8.41. The average molecular weight is 611 g/mol. The first-order valence-corrected chi connectivity index (χ1v) is 13.0. The van der Waals surface area contributed by atoms with Crippen LogP contribution in [0.3, 0.4) is 0 Å². The van der Waals surface area contributed by atoms with Gasteiger partial charge in [-0.3, -0.25) is 4.79 Å². The molecule has 5 rings (SSSR count). The topological polar surface area (TPSA) is 269 Å². The molecule has 0 aliphatic carbocycles. The van der Waals surface area contributed by atoms with E-state index >= 15 is 0 Å². The van der Waals surface area contributed by atoms with Crippen molar-refractivity contribution in [1.82, 2.24) is 0 Å². The second-order valence-electron chi connectivity index (χ2n) is 10.3. The second-order valence-corrected chi connectivity index (χ2v) is 10.3. The summed E-state index contributed by atoms with van der Waals surface area (Å²) in [7, 11) is 0. The normalized spacial score (nSPS) is 33.0. The fourth-order valence-corrected chi connectivity index (χ4v) is 4.83. The zero-order chi connectivity index (χ0) is 31.3. The van der Waals surface area contributed by atoms with E-state index in [2.05, 4.69) is 0 Å². The zero-order valence-electron chi connectivity index (χ0n) is 22.3. The van der Waals surface area contributed by atoms with E-state index in [1.165, 1.54) is 13.0 Å². The van der Waals surface area contributed by atoms with Crippen LogP contribution in [0.15, 0.2) is 39.5 Å². The molecule has 2 aromatic carbocycles. The van der Waals surface area contributed by atoms with Crippen LogP contribution in [0.5, 0.6) is 28.7 Å². The Morgan fingerprint density at radius 2 is 1.44 bits per heavy atom. The molecule has 10 N–H and O–H groups in total. The maximum absolute atomic E-state index is 13.2. The van der Waals surface area contributed by atoms with E-state index in [0.717, 1.165) is 24.3 Å². The van der Waals surface area contributed by atoms with Gasteiger partial charge in [0.25, 0.3) is 0 Å². The van der Waals surface area contributed by atoms with Crippen molar-refractivity contribution in [2.24, 2.45) is 0 Å². The first kappa shape index (κ1) is 30.7. The maximum Gasteiger partial charge on any atom is 0.238 e. The van der Waals surface area contributed by atoms with Crippen molar-refractivity contribution in [2.45, 2.75) is 68.3 Å². The minimum absolute atomic E-state index is 0.00656. The minimum atomic E-state index is -1.91. The standard InChI is InChI=1S/C27H30O16/c1-8-17(31)20(34)23(37)26(40-8)39-7-15-18(32)21(35)24(38)27(43-15)42-14-6-10(28)5-13-16(14)19(33)22(36)25(41-13)9-2-3-11(29)12(30)4-9/h2-6,8,15,17-18,20-21,23-24,26-32,34-38H,7H2,1H3. The zero-order valence-corrected chi connectivity index (χ0v) is 22.3. The highest BCUT2D eigenvalue weighted by molar-refractivity contribution is 5.88. The number of fused-ring (bicyclic) bond motifs is 1. The Morgan fingerprint density at radius 3 is 2.14 bits per heavy atom. The lowest BCUT2D eigenvalue weighted by molar-refractivity contribution is -0.318. The van der Waals surface area contributed by atoms with E-state index in [-0.39, 0.29) is 11.1 Å². The maximum atomic E-state index is 13.2. The van der Waals surface area contributed by atoms with Gasteiger partial charge in [0.05, 0.1) is 12.7 Å². The van der Waals surface area contributed by atoms with Crippen molar-refractivity contribution >= 4 is 11.0 Å². The highest BCUT2D eigenvalue weighted by atomic mass is 16.7. The Labute approximate surface area is 241 Å². The van der Waals surface area contributed by atoms with Crippen LogP contribution < -0.4 is 10.2 Å². The number of phenols is 3. The molecule has 3 heterocycles. The number of phenolic OH excluding ortho intramolecular Hbond substituents is 3. The van der Waals surface area contributed by atoms with Gasteiger partial charge < -0.3 is 74.4 Å². The van der Waals surface area contributed by atoms with Crippen LogP contribution in [-0.2, 0) is 14.2 Å². The van der Waals surface area contributed by atoms with Gasteiger partial charge in [-0.2, -0.15) is 0 Å². The fourth-order valence-electron chi connectivity index (χ4n) is 4.83. The summed E-state index contributed by atoms with van der Waals surface area (Å²) in [6.07, 6.45) is -15.8. The molecule has 234 valence electrons. The summed E-state index contributed by atoms with van der Waals surface area (Å²) in [4.78, 5) is 13.2. The van der Waals surface area contributed by atoms with Crippen LogP contribution in [-0.4, -0.2) is 119 Å². The van der Waals surface area contributed by atoms with Gasteiger partial charge in [0, 0.05) is 17.7 Å². The molecule has 16 heteroatoms. The summed E-state index contributed by atoms with van der Waals surface area (Å²) in [5.74, 6) is -3.30. The molecule has 3 aromatic rings. The predicted octanol–water partition coefficient (Wildman–Crippen LogP) is -1.69. The van der Waals surface area contributed by atoms with E-state index in [4.69, 9.17) is 23.4 Å². The summed E-state index contributed by atoms with van der Waals surface area (Å²) in [6.45, 7) is 0.853. The molecule has 2 saturated heterocycles. The monoisotopic (exact) mass is 610 g/mol. The van der Waals surface area contributed by atoms with E-state index in [0.29, 0.717) is 0 Å². The second kappa shape index (κ2) is 11.8. The molecule has 0 spiro atoms. The van der Waals surface area contributed by atoms with Gasteiger partial charge in [-0.1, -0.05) is 0 Å². The van der Waals surface area contributed by atoms with Crippen LogP contribution in [0.25, 0.3) is 22.3 Å². The first-order chi connectivity index (χ1) is 20.3. The Bertz CT molecular complexity index is 1540. The van der Waals surface area contributed by atoms with Crippen LogP contribution >= 0.6 is 0 Å².